The average molecular weight is 225 g/mol. The normalized spacial score (nSPS) is 24.0. The monoisotopic (exact) mass is 225 g/mol. The molecule has 1 N–H and O–H groups in total. The maximum Gasteiger partial charge on any atom is 0.332 e. The number of likely N-dealkylation sites (tertiary alicyclic amines) is 1. The molecule has 1 aliphatic rings. The second-order valence-electron chi connectivity index (χ2n) is 5.88. The van der Waals surface area contributed by atoms with Gasteiger partial charge in [0.05, 0.1) is 0 Å². The van der Waals surface area contributed by atoms with Crippen LogP contribution in [0.3, 0.4) is 0 Å². The molecule has 0 spiro atoms. The van der Waals surface area contributed by atoms with Gasteiger partial charge in [-0.2, -0.15) is 0 Å². The van der Waals surface area contributed by atoms with Crippen LogP contribution in [0.2, 0.25) is 0 Å². The molecule has 3 nitrogen and oxygen atoms in total. The SMILES string of the molecule is C=C(CN1CCCC(C)(C)C1(C)C)C(=O)O. The molecule has 0 radical (unpaired) electrons. The highest BCUT2D eigenvalue weighted by atomic mass is 16.4. The average Bonchev–Trinajstić information content (AvgIpc) is 2.13. The Bertz CT molecular complexity index is 305. The topological polar surface area (TPSA) is 40.5 Å². The molecule has 0 aliphatic carbocycles. The predicted molar refractivity (Wildman–Crippen MR) is 65.4 cm³/mol. The fourth-order valence-corrected chi connectivity index (χ4v) is 2.30. The van der Waals surface area contributed by atoms with Crippen molar-refractivity contribution < 1.29 is 9.90 Å². The van der Waals surface area contributed by atoms with Crippen molar-refractivity contribution in [2.24, 2.45) is 5.41 Å². The maximum absolute atomic E-state index is 10.8. The molecule has 92 valence electrons. The number of piperidine rings is 1. The van der Waals surface area contributed by atoms with Gasteiger partial charge in [0.2, 0.25) is 0 Å². The van der Waals surface area contributed by atoms with Gasteiger partial charge in [0.25, 0.3) is 0 Å². The van der Waals surface area contributed by atoms with E-state index in [2.05, 4.69) is 39.2 Å². The Morgan fingerprint density at radius 3 is 2.44 bits per heavy atom. The van der Waals surface area contributed by atoms with E-state index in [0.717, 1.165) is 13.0 Å². The van der Waals surface area contributed by atoms with Gasteiger partial charge in [0.15, 0.2) is 0 Å². The highest BCUT2D eigenvalue weighted by Crippen LogP contribution is 2.43. The van der Waals surface area contributed by atoms with Crippen molar-refractivity contribution >= 4 is 5.97 Å². The number of hydrogen-bond donors (Lipinski definition) is 1. The molecule has 1 fully saturated rings. The van der Waals surface area contributed by atoms with Gasteiger partial charge in [-0.3, -0.25) is 4.90 Å². The molecule has 0 aromatic rings. The van der Waals surface area contributed by atoms with Gasteiger partial charge >= 0.3 is 5.97 Å². The molecule has 0 aromatic heterocycles. The third-order valence-electron chi connectivity index (χ3n) is 4.36. The summed E-state index contributed by atoms with van der Waals surface area (Å²) >= 11 is 0. The molecule has 0 unspecified atom stereocenters. The molecule has 1 rings (SSSR count). The van der Waals surface area contributed by atoms with E-state index >= 15 is 0 Å². The number of hydrogen-bond acceptors (Lipinski definition) is 2. The zero-order valence-corrected chi connectivity index (χ0v) is 10.8. The van der Waals surface area contributed by atoms with Gasteiger partial charge in [-0.15, -0.1) is 0 Å². The van der Waals surface area contributed by atoms with Crippen molar-refractivity contribution in [1.82, 2.24) is 4.90 Å². The van der Waals surface area contributed by atoms with Crippen LogP contribution >= 0.6 is 0 Å². The van der Waals surface area contributed by atoms with Gasteiger partial charge in [-0.25, -0.2) is 4.79 Å². The lowest BCUT2D eigenvalue weighted by Crippen LogP contribution is -2.58. The van der Waals surface area contributed by atoms with Crippen molar-refractivity contribution in [2.75, 3.05) is 13.1 Å². The number of nitrogens with zero attached hydrogens (tertiary/aromatic N) is 1. The molecule has 1 saturated heterocycles. The molecule has 16 heavy (non-hydrogen) atoms. The van der Waals surface area contributed by atoms with Crippen LogP contribution in [0.4, 0.5) is 0 Å². The molecule has 0 atom stereocenters. The van der Waals surface area contributed by atoms with Crippen molar-refractivity contribution in [1.29, 1.82) is 0 Å². The summed E-state index contributed by atoms with van der Waals surface area (Å²) < 4.78 is 0. The molecule has 0 aromatic carbocycles. The van der Waals surface area contributed by atoms with Crippen LogP contribution in [0.25, 0.3) is 0 Å². The number of carbonyl (C=O) groups is 1. The van der Waals surface area contributed by atoms with E-state index in [1.165, 1.54) is 6.42 Å². The fraction of sp³-hybridized carbons (Fsp3) is 0.769. The summed E-state index contributed by atoms with van der Waals surface area (Å²) in [6.45, 7) is 13.9. The zero-order valence-electron chi connectivity index (χ0n) is 10.8. The third kappa shape index (κ3) is 2.29. The summed E-state index contributed by atoms with van der Waals surface area (Å²) in [7, 11) is 0. The van der Waals surface area contributed by atoms with Crippen molar-refractivity contribution in [2.45, 2.75) is 46.1 Å². The summed E-state index contributed by atoms with van der Waals surface area (Å²) in [5, 5.41) is 8.89. The lowest BCUT2D eigenvalue weighted by molar-refractivity contribution is -0.133. The second kappa shape index (κ2) is 4.21. The van der Waals surface area contributed by atoms with Gasteiger partial charge in [0.1, 0.15) is 0 Å². The molecule has 1 aliphatic heterocycles. The largest absolute Gasteiger partial charge is 0.478 e. The molecule has 1 heterocycles. The minimum atomic E-state index is -0.890. The molecular weight excluding hydrogens is 202 g/mol. The van der Waals surface area contributed by atoms with Crippen molar-refractivity contribution in [3.8, 4) is 0 Å². The zero-order chi connectivity index (χ0) is 12.6. The van der Waals surface area contributed by atoms with Crippen LogP contribution < -0.4 is 0 Å². The van der Waals surface area contributed by atoms with Gasteiger partial charge < -0.3 is 5.11 Å². The molecule has 0 saturated carbocycles. The van der Waals surface area contributed by atoms with Gasteiger partial charge in [-0.1, -0.05) is 20.4 Å². The number of rotatable bonds is 3. The minimum Gasteiger partial charge on any atom is -0.478 e. The van der Waals surface area contributed by atoms with E-state index < -0.39 is 5.97 Å². The summed E-state index contributed by atoms with van der Waals surface area (Å²) in [5.41, 5.74) is 0.513. The van der Waals surface area contributed by atoms with Crippen LogP contribution in [0.1, 0.15) is 40.5 Å². The standard InChI is InChI=1S/C13H23NO2/c1-10(11(15)16)9-14-8-6-7-12(2,3)13(14,4)5/h1,6-9H2,2-5H3,(H,15,16). The van der Waals surface area contributed by atoms with E-state index in [1.54, 1.807) is 0 Å². The first-order valence-corrected chi connectivity index (χ1v) is 5.84. The number of carboxylic acids is 1. The Morgan fingerprint density at radius 1 is 1.38 bits per heavy atom. The van der Waals surface area contributed by atoms with E-state index in [1.807, 2.05) is 0 Å². The predicted octanol–water partition coefficient (Wildman–Crippen LogP) is 2.53. The third-order valence-corrected chi connectivity index (χ3v) is 4.36. The molecule has 3 heteroatoms. The fourth-order valence-electron chi connectivity index (χ4n) is 2.30. The summed E-state index contributed by atoms with van der Waals surface area (Å²) in [6.07, 6.45) is 2.32. The van der Waals surface area contributed by atoms with Crippen molar-refractivity contribution in [3.05, 3.63) is 12.2 Å². The highest BCUT2D eigenvalue weighted by Gasteiger charge is 2.44. The first-order valence-electron chi connectivity index (χ1n) is 5.84. The Hall–Kier alpha value is -0.830. The van der Waals surface area contributed by atoms with Crippen LogP contribution in [-0.2, 0) is 4.79 Å². The van der Waals surface area contributed by atoms with E-state index in [4.69, 9.17) is 5.11 Å². The van der Waals surface area contributed by atoms with Gasteiger partial charge in [0, 0.05) is 17.7 Å². The maximum atomic E-state index is 10.8. The quantitative estimate of drug-likeness (QED) is 0.750. The second-order valence-corrected chi connectivity index (χ2v) is 5.88. The van der Waals surface area contributed by atoms with Crippen molar-refractivity contribution in [3.63, 3.8) is 0 Å². The van der Waals surface area contributed by atoms with Gasteiger partial charge in [-0.05, 0) is 38.6 Å². The Kier molecular flexibility index (Phi) is 3.48. The lowest BCUT2D eigenvalue weighted by atomic mass is 9.68. The van der Waals surface area contributed by atoms with Crippen LogP contribution in [0.15, 0.2) is 12.2 Å². The minimum absolute atomic E-state index is 0.0175. The number of carboxylic acid groups (broad SMARTS) is 1. The summed E-state index contributed by atoms with van der Waals surface area (Å²) in [5.74, 6) is -0.890. The van der Waals surface area contributed by atoms with Crippen LogP contribution in [-0.4, -0.2) is 34.6 Å². The first-order chi connectivity index (χ1) is 7.18. The Labute approximate surface area is 98.1 Å². The van der Waals surface area contributed by atoms with Crippen LogP contribution in [0, 0.1) is 5.41 Å². The molecule has 0 bridgehead atoms. The summed E-state index contributed by atoms with van der Waals surface area (Å²) in [6, 6.07) is 0. The van der Waals surface area contributed by atoms with Crippen LogP contribution in [0.5, 0.6) is 0 Å². The summed E-state index contributed by atoms with van der Waals surface area (Å²) in [4.78, 5) is 13.1. The number of aliphatic carboxylic acids is 1. The Balaban J connectivity index is 2.80. The van der Waals surface area contributed by atoms with E-state index in [0.29, 0.717) is 6.54 Å². The molecule has 0 amide bonds. The highest BCUT2D eigenvalue weighted by molar-refractivity contribution is 5.86. The van der Waals surface area contributed by atoms with E-state index in [9.17, 15) is 4.79 Å². The Morgan fingerprint density at radius 2 is 1.94 bits per heavy atom. The van der Waals surface area contributed by atoms with E-state index in [-0.39, 0.29) is 16.5 Å². The molecular formula is C13H23NO2. The first kappa shape index (κ1) is 13.2. The smallest absolute Gasteiger partial charge is 0.332 e. The lowest BCUT2D eigenvalue weighted by Gasteiger charge is -2.53.